The average molecular weight is 227 g/mol. The van der Waals surface area contributed by atoms with E-state index >= 15 is 0 Å². The van der Waals surface area contributed by atoms with E-state index in [9.17, 15) is 4.79 Å². The zero-order valence-corrected chi connectivity index (χ0v) is 10.8. The van der Waals surface area contributed by atoms with Crippen LogP contribution < -0.4 is 5.32 Å². The van der Waals surface area contributed by atoms with Crippen LogP contribution in [0.2, 0.25) is 0 Å². The summed E-state index contributed by atoms with van der Waals surface area (Å²) in [5.74, 6) is -0.168. The highest BCUT2D eigenvalue weighted by molar-refractivity contribution is 5.71. The summed E-state index contributed by atoms with van der Waals surface area (Å²) in [4.78, 5) is 11.2. The number of hydrogen-bond acceptors (Lipinski definition) is 3. The molecule has 0 amide bonds. The highest BCUT2D eigenvalue weighted by Crippen LogP contribution is 2.34. The van der Waals surface area contributed by atoms with E-state index in [4.69, 9.17) is 4.74 Å². The van der Waals surface area contributed by atoms with Gasteiger partial charge in [-0.15, -0.1) is 0 Å². The second kappa shape index (κ2) is 6.24. The summed E-state index contributed by atoms with van der Waals surface area (Å²) in [5.41, 5.74) is 0.439. The number of ether oxygens (including phenoxy) is 1. The lowest BCUT2D eigenvalue weighted by atomic mass is 9.76. The van der Waals surface area contributed by atoms with Crippen molar-refractivity contribution in [3.63, 3.8) is 0 Å². The zero-order valence-electron chi connectivity index (χ0n) is 10.8. The molecule has 0 aromatic heterocycles. The molecule has 1 fully saturated rings. The fourth-order valence-corrected chi connectivity index (χ4v) is 2.46. The lowest BCUT2D eigenvalue weighted by Crippen LogP contribution is -2.37. The molecule has 0 bridgehead atoms. The van der Waals surface area contributed by atoms with Gasteiger partial charge < -0.3 is 10.1 Å². The summed E-state index contributed by atoms with van der Waals surface area (Å²) in [6.45, 7) is 6.00. The third-order valence-electron chi connectivity index (χ3n) is 3.67. The molecule has 0 saturated heterocycles. The first-order valence-corrected chi connectivity index (χ1v) is 6.36. The van der Waals surface area contributed by atoms with E-state index in [1.54, 1.807) is 0 Å². The second-order valence-electron chi connectivity index (χ2n) is 5.43. The predicted molar refractivity (Wildman–Crippen MR) is 65.2 cm³/mol. The lowest BCUT2D eigenvalue weighted by Gasteiger charge is -2.34. The number of rotatable bonds is 5. The summed E-state index contributed by atoms with van der Waals surface area (Å²) in [6.07, 6.45) is 6.71. The highest BCUT2D eigenvalue weighted by Gasteiger charge is 2.26. The van der Waals surface area contributed by atoms with Crippen LogP contribution in [0, 0.1) is 11.3 Å². The van der Waals surface area contributed by atoms with Gasteiger partial charge in [0.2, 0.25) is 0 Å². The van der Waals surface area contributed by atoms with Crippen molar-refractivity contribution in [2.24, 2.45) is 11.3 Å². The van der Waals surface area contributed by atoms with E-state index in [0.717, 1.165) is 13.1 Å². The minimum atomic E-state index is -0.124. The van der Waals surface area contributed by atoms with Crippen molar-refractivity contribution in [2.45, 2.75) is 46.0 Å². The van der Waals surface area contributed by atoms with Crippen molar-refractivity contribution in [1.29, 1.82) is 0 Å². The van der Waals surface area contributed by atoms with Crippen LogP contribution in [0.5, 0.6) is 0 Å². The molecule has 0 heterocycles. The quantitative estimate of drug-likeness (QED) is 0.733. The standard InChI is InChI=1S/C13H25NO2/c1-11(12(15)16-3)9-14-10-13(2)7-5-4-6-8-13/h11,14H,4-10H2,1-3H3. The molecule has 1 saturated carbocycles. The molecule has 1 N–H and O–H groups in total. The third-order valence-corrected chi connectivity index (χ3v) is 3.67. The minimum absolute atomic E-state index is 0.0443. The number of methoxy groups -OCH3 is 1. The van der Waals surface area contributed by atoms with Crippen LogP contribution in [0.25, 0.3) is 0 Å². The van der Waals surface area contributed by atoms with Crippen molar-refractivity contribution in [2.75, 3.05) is 20.2 Å². The van der Waals surface area contributed by atoms with E-state index in [0.29, 0.717) is 5.41 Å². The molecule has 94 valence electrons. The molecule has 0 spiro atoms. The molecule has 1 atom stereocenters. The second-order valence-corrected chi connectivity index (χ2v) is 5.43. The molecular weight excluding hydrogens is 202 g/mol. The van der Waals surface area contributed by atoms with Crippen molar-refractivity contribution in [3.8, 4) is 0 Å². The Kier molecular flexibility index (Phi) is 5.26. The molecule has 1 aliphatic rings. The van der Waals surface area contributed by atoms with Gasteiger partial charge in [0.25, 0.3) is 0 Å². The predicted octanol–water partition coefficient (Wildman–Crippen LogP) is 2.36. The van der Waals surface area contributed by atoms with Gasteiger partial charge >= 0.3 is 5.97 Å². The van der Waals surface area contributed by atoms with Crippen LogP contribution in [0.3, 0.4) is 0 Å². The van der Waals surface area contributed by atoms with Gasteiger partial charge in [-0.3, -0.25) is 4.79 Å². The summed E-state index contributed by atoms with van der Waals surface area (Å²) in [7, 11) is 1.45. The van der Waals surface area contributed by atoms with Crippen molar-refractivity contribution in [1.82, 2.24) is 5.32 Å². The topological polar surface area (TPSA) is 38.3 Å². The summed E-state index contributed by atoms with van der Waals surface area (Å²) in [6, 6.07) is 0. The Bertz CT molecular complexity index is 222. The Labute approximate surface area is 98.9 Å². The van der Waals surface area contributed by atoms with Gasteiger partial charge in [-0.1, -0.05) is 33.1 Å². The summed E-state index contributed by atoms with van der Waals surface area (Å²) < 4.78 is 4.70. The SMILES string of the molecule is COC(=O)C(C)CNCC1(C)CCCCC1. The number of nitrogens with one attached hydrogen (secondary N) is 1. The molecule has 0 aromatic rings. The smallest absolute Gasteiger partial charge is 0.309 e. The largest absolute Gasteiger partial charge is 0.469 e. The van der Waals surface area contributed by atoms with E-state index in [-0.39, 0.29) is 11.9 Å². The number of carbonyl (C=O) groups excluding carboxylic acids is 1. The Morgan fingerprint density at radius 1 is 1.38 bits per heavy atom. The number of carbonyl (C=O) groups is 1. The molecule has 16 heavy (non-hydrogen) atoms. The lowest BCUT2D eigenvalue weighted by molar-refractivity contribution is -0.144. The van der Waals surface area contributed by atoms with Gasteiger partial charge in [0, 0.05) is 13.1 Å². The maximum Gasteiger partial charge on any atom is 0.309 e. The fraction of sp³-hybridized carbons (Fsp3) is 0.923. The molecule has 1 aliphatic carbocycles. The monoisotopic (exact) mass is 227 g/mol. The van der Waals surface area contributed by atoms with Crippen LogP contribution in [0.1, 0.15) is 46.0 Å². The molecule has 3 nitrogen and oxygen atoms in total. The summed E-state index contributed by atoms with van der Waals surface area (Å²) in [5, 5.41) is 3.41. The Hall–Kier alpha value is -0.570. The number of hydrogen-bond donors (Lipinski definition) is 1. The number of esters is 1. The van der Waals surface area contributed by atoms with E-state index in [2.05, 4.69) is 12.2 Å². The van der Waals surface area contributed by atoms with E-state index in [1.165, 1.54) is 39.2 Å². The highest BCUT2D eigenvalue weighted by atomic mass is 16.5. The maximum absolute atomic E-state index is 11.2. The molecule has 0 aromatic carbocycles. The molecule has 1 rings (SSSR count). The molecular formula is C13H25NO2. The summed E-state index contributed by atoms with van der Waals surface area (Å²) >= 11 is 0. The van der Waals surface area contributed by atoms with Crippen molar-refractivity contribution in [3.05, 3.63) is 0 Å². The van der Waals surface area contributed by atoms with Crippen LogP contribution in [0.15, 0.2) is 0 Å². The van der Waals surface area contributed by atoms with Gasteiger partial charge in [-0.2, -0.15) is 0 Å². The van der Waals surface area contributed by atoms with Crippen LogP contribution in [-0.4, -0.2) is 26.2 Å². The fourth-order valence-electron chi connectivity index (χ4n) is 2.46. The Morgan fingerprint density at radius 2 is 2.00 bits per heavy atom. The first-order valence-electron chi connectivity index (χ1n) is 6.36. The first-order chi connectivity index (χ1) is 7.57. The van der Waals surface area contributed by atoms with Gasteiger partial charge in [0.15, 0.2) is 0 Å². The third kappa shape index (κ3) is 4.12. The average Bonchev–Trinajstić information content (AvgIpc) is 2.28. The molecule has 0 aliphatic heterocycles. The zero-order chi connectivity index (χ0) is 12.0. The molecule has 0 radical (unpaired) electrons. The van der Waals surface area contributed by atoms with Crippen LogP contribution in [-0.2, 0) is 9.53 Å². The first kappa shape index (κ1) is 13.5. The van der Waals surface area contributed by atoms with E-state index < -0.39 is 0 Å². The Balaban J connectivity index is 2.21. The van der Waals surface area contributed by atoms with Gasteiger partial charge in [0.05, 0.1) is 13.0 Å². The van der Waals surface area contributed by atoms with Gasteiger partial charge in [-0.25, -0.2) is 0 Å². The van der Waals surface area contributed by atoms with Crippen molar-refractivity contribution >= 4 is 5.97 Å². The van der Waals surface area contributed by atoms with Crippen LogP contribution >= 0.6 is 0 Å². The van der Waals surface area contributed by atoms with Gasteiger partial charge in [0.1, 0.15) is 0 Å². The van der Waals surface area contributed by atoms with E-state index in [1.807, 2.05) is 6.92 Å². The minimum Gasteiger partial charge on any atom is -0.469 e. The normalized spacial score (nSPS) is 21.4. The molecule has 3 heteroatoms. The van der Waals surface area contributed by atoms with Crippen molar-refractivity contribution < 1.29 is 9.53 Å². The van der Waals surface area contributed by atoms with Crippen LogP contribution in [0.4, 0.5) is 0 Å². The molecule has 1 unspecified atom stereocenters. The van der Waals surface area contributed by atoms with Gasteiger partial charge in [-0.05, 0) is 18.3 Å². The maximum atomic E-state index is 11.2. The Morgan fingerprint density at radius 3 is 2.56 bits per heavy atom.